The molecule has 0 spiro atoms. The van der Waals surface area contributed by atoms with Gasteiger partial charge in [-0.25, -0.2) is 0 Å². The molecule has 0 saturated carbocycles. The Hall–Kier alpha value is -0.401. The van der Waals surface area contributed by atoms with Crippen LogP contribution in [0.2, 0.25) is 0 Å². The van der Waals surface area contributed by atoms with Gasteiger partial charge >= 0.3 is 45.5 Å². The molecular weight excluding hydrogens is 209 g/mol. The van der Waals surface area contributed by atoms with Crippen molar-refractivity contribution in [1.82, 2.24) is 0 Å². The first-order valence-electron chi connectivity index (χ1n) is 1.32. The second-order valence-electron chi connectivity index (χ2n) is 0.663. The maximum absolute atomic E-state index is 9.22. The minimum absolute atomic E-state index is 2.13. The molecule has 38 valence electrons. The van der Waals surface area contributed by atoms with Crippen molar-refractivity contribution in [2.24, 2.45) is 10.2 Å². The van der Waals surface area contributed by atoms with Gasteiger partial charge in [0, 0.05) is 0 Å². The van der Waals surface area contributed by atoms with E-state index in [2.05, 4.69) is 10.2 Å². The van der Waals surface area contributed by atoms with Crippen molar-refractivity contribution < 1.29 is 0 Å². The molecule has 7 heavy (non-hydrogen) atoms. The molecule has 0 amide bonds. The van der Waals surface area contributed by atoms with Crippen LogP contribution in [0.25, 0.3) is 0 Å². The number of hydrogen-bond acceptors (Lipinski definition) is 6. The van der Waals surface area contributed by atoms with E-state index in [-0.39, 0.29) is 0 Å². The molecule has 6 nitrogen and oxygen atoms in total. The SMILES string of the molecule is O=[N][SnH]([N]=O)[N]=O. The molecular formula is HN3O3Sn. The summed E-state index contributed by atoms with van der Waals surface area (Å²) in [5, 5.41) is 0. The van der Waals surface area contributed by atoms with Gasteiger partial charge < -0.3 is 0 Å². The van der Waals surface area contributed by atoms with Gasteiger partial charge in [0.1, 0.15) is 0 Å². The Kier molecular flexibility index (Phi) is 3.56. The summed E-state index contributed by atoms with van der Waals surface area (Å²) in [5.74, 6) is 0. The van der Waals surface area contributed by atoms with Gasteiger partial charge in [-0.05, 0) is 0 Å². The van der Waals surface area contributed by atoms with E-state index in [9.17, 15) is 14.7 Å². The van der Waals surface area contributed by atoms with E-state index in [1.165, 1.54) is 0 Å². The molecule has 0 atom stereocenters. The van der Waals surface area contributed by atoms with E-state index in [0.29, 0.717) is 0 Å². The van der Waals surface area contributed by atoms with Crippen LogP contribution < -0.4 is 0 Å². The summed E-state index contributed by atoms with van der Waals surface area (Å²) >= 11 is -3.56. The summed E-state index contributed by atoms with van der Waals surface area (Å²) in [7, 11) is 0. The Morgan fingerprint density at radius 2 is 1.14 bits per heavy atom. The number of nitrogens with zero attached hydrogens (tertiary/aromatic N) is 3. The third kappa shape index (κ3) is 2.31. The van der Waals surface area contributed by atoms with Crippen LogP contribution >= 0.6 is 0 Å². The third-order valence-electron chi connectivity index (χ3n) is 0.283. The van der Waals surface area contributed by atoms with Gasteiger partial charge in [0.25, 0.3) is 0 Å². The fourth-order valence-electron chi connectivity index (χ4n) is 0.0577. The molecule has 0 heterocycles. The number of rotatable bonds is 3. The van der Waals surface area contributed by atoms with Gasteiger partial charge in [0.15, 0.2) is 0 Å². The molecule has 0 unspecified atom stereocenters. The monoisotopic (exact) mass is 211 g/mol. The molecule has 0 N–H and O–H groups in total. The molecule has 0 aromatic heterocycles. The zero-order chi connectivity index (χ0) is 5.70. The molecule has 0 rings (SSSR count). The third-order valence-corrected chi connectivity index (χ3v) is 1.90. The van der Waals surface area contributed by atoms with Crippen molar-refractivity contribution in [2.75, 3.05) is 0 Å². The number of nitroso groups, excluding NO2 is 3. The molecule has 0 bridgehead atoms. The Morgan fingerprint density at radius 3 is 1.14 bits per heavy atom. The molecule has 0 radical (unpaired) electrons. The fraction of sp³-hybridized carbons (Fsp3) is 0. The summed E-state index contributed by atoms with van der Waals surface area (Å²) < 4.78 is 6.38. The van der Waals surface area contributed by atoms with E-state index >= 15 is 0 Å². The van der Waals surface area contributed by atoms with E-state index in [4.69, 9.17) is 0 Å². The molecule has 0 saturated heterocycles. The first kappa shape index (κ1) is 6.60. The molecule has 7 heteroatoms. The van der Waals surface area contributed by atoms with Crippen LogP contribution in [-0.2, 0) is 0 Å². The molecule has 0 aromatic carbocycles. The Bertz CT molecular complexity index is 71.2. The van der Waals surface area contributed by atoms with Crippen molar-refractivity contribution in [3.05, 3.63) is 14.7 Å². The van der Waals surface area contributed by atoms with Gasteiger partial charge in [0.2, 0.25) is 0 Å². The molecule has 0 aliphatic heterocycles. The van der Waals surface area contributed by atoms with E-state index < -0.39 is 20.6 Å². The van der Waals surface area contributed by atoms with Gasteiger partial charge in [-0.2, -0.15) is 0 Å². The van der Waals surface area contributed by atoms with E-state index in [1.807, 2.05) is 0 Å². The van der Waals surface area contributed by atoms with Crippen molar-refractivity contribution in [3.8, 4) is 0 Å². The Balaban J connectivity index is 3.57. The fourth-order valence-corrected chi connectivity index (χ4v) is 0.387. The van der Waals surface area contributed by atoms with Crippen LogP contribution in [0.15, 0.2) is 10.2 Å². The van der Waals surface area contributed by atoms with Gasteiger partial charge in [-0.3, -0.25) is 0 Å². The summed E-state index contributed by atoms with van der Waals surface area (Å²) in [6.45, 7) is 0. The second kappa shape index (κ2) is 3.78. The predicted octanol–water partition coefficient (Wildman–Crippen LogP) is 0.00280. The van der Waals surface area contributed by atoms with Crippen molar-refractivity contribution in [2.45, 2.75) is 0 Å². The van der Waals surface area contributed by atoms with Crippen LogP contribution in [0.5, 0.6) is 0 Å². The molecule has 0 fully saturated rings. The van der Waals surface area contributed by atoms with Crippen LogP contribution in [-0.4, -0.2) is 20.6 Å². The average Bonchev–Trinajstić information content (AvgIpc) is 1.72. The van der Waals surface area contributed by atoms with E-state index in [0.717, 1.165) is 0 Å². The topological polar surface area (TPSA) is 88.3 Å². The van der Waals surface area contributed by atoms with Crippen LogP contribution in [0.4, 0.5) is 0 Å². The van der Waals surface area contributed by atoms with Gasteiger partial charge in [0.05, 0.1) is 0 Å². The number of hydrogen-bond donors (Lipinski definition) is 0. The summed E-state index contributed by atoms with van der Waals surface area (Å²) in [6, 6.07) is 0. The van der Waals surface area contributed by atoms with Crippen LogP contribution in [0, 0.1) is 14.7 Å². The van der Waals surface area contributed by atoms with Crippen LogP contribution in [0.3, 0.4) is 0 Å². The van der Waals surface area contributed by atoms with Crippen molar-refractivity contribution >= 4 is 20.6 Å². The summed E-state index contributed by atoms with van der Waals surface area (Å²) in [6.07, 6.45) is 0. The standard InChI is InChI=1S/3NO.Sn.H/c3*1-2;;/q3*-1;+3;. The maximum atomic E-state index is 9.22. The second-order valence-corrected chi connectivity index (χ2v) is 4.45. The normalized spacial score (nSPS) is 8.14. The quantitative estimate of drug-likeness (QED) is 0.484. The molecule has 0 aliphatic rings. The van der Waals surface area contributed by atoms with Crippen molar-refractivity contribution in [1.29, 1.82) is 0 Å². The summed E-state index contributed by atoms with van der Waals surface area (Å²) in [4.78, 5) is 27.7. The predicted molar refractivity (Wildman–Crippen MR) is 24.5 cm³/mol. The average molecular weight is 210 g/mol. The molecule has 0 aliphatic carbocycles. The zero-order valence-electron chi connectivity index (χ0n) is 3.14. The van der Waals surface area contributed by atoms with Gasteiger partial charge in [-0.1, -0.05) is 0 Å². The zero-order valence-corrected chi connectivity index (χ0v) is 6.44. The van der Waals surface area contributed by atoms with Crippen molar-refractivity contribution in [3.63, 3.8) is 0 Å². The van der Waals surface area contributed by atoms with Crippen LogP contribution in [0.1, 0.15) is 0 Å². The summed E-state index contributed by atoms with van der Waals surface area (Å²) in [5.41, 5.74) is 0. The van der Waals surface area contributed by atoms with E-state index in [1.54, 1.807) is 0 Å². The van der Waals surface area contributed by atoms with Gasteiger partial charge in [-0.15, -0.1) is 0 Å². The first-order chi connectivity index (χ1) is 3.35. The molecule has 0 aromatic rings. The first-order valence-corrected chi connectivity index (χ1v) is 5.74. The Labute approximate surface area is 46.0 Å². The minimum atomic E-state index is -3.56. The Morgan fingerprint density at radius 1 is 0.857 bits per heavy atom.